The molecule has 6 aromatic rings. The molecule has 17 heteroatoms. The van der Waals surface area contributed by atoms with Crippen molar-refractivity contribution in [2.24, 2.45) is 0 Å². The number of hydrogen-bond acceptors (Lipinski definition) is 11. The molecule has 0 radical (unpaired) electrons. The number of carbonyl (C=O) groups is 6. The molecule has 0 aromatic heterocycles. The van der Waals surface area contributed by atoms with Gasteiger partial charge in [0.1, 0.15) is 28.7 Å². The Bertz CT molecular complexity index is 5820. The van der Waals surface area contributed by atoms with Crippen molar-refractivity contribution in [3.8, 4) is 28.7 Å². The standard InChI is InChI=1S/C88H54N6O11/c1-4-5-6-7-8-9-10-11-12-13-14-15-16-17-18-19-20-21-22-23-24-25-26-27-28-29-30-31-32-33-34-35-36-40-80(93-82(101)58-60-88(3,73-45-53-77(97)54-46-73)74-47-55-78(98)56-48-74)94-86(105)70-62-69(63-79(99)64-70)85(104)92-66-91-84(103)68-39-37-38-67(61-68)83(102)90-65-89-81(100)57-59-87(2,71-41-49-75(95)50-42-71)72-43-51-76(96)52-44-72/h37-39,41-56,61-64,95-99H,1,57-60,65-66H2,2-3H3,(H,89,100)(H,90,102)(H,91,103)(H,92,104)(H,93,101)(H,94,105). The fourth-order valence-electron chi connectivity index (χ4n) is 9.01. The molecule has 0 unspecified atom stereocenters. The number of amides is 6. The zero-order valence-corrected chi connectivity index (χ0v) is 55.9. The highest BCUT2D eigenvalue weighted by atomic mass is 16.3. The zero-order chi connectivity index (χ0) is 75.3. The summed E-state index contributed by atoms with van der Waals surface area (Å²) in [4.78, 5) is 80.7. The molecule has 0 saturated heterocycles. The van der Waals surface area contributed by atoms with Gasteiger partial charge in [-0.05, 0) is 224 Å². The second-order valence-electron chi connectivity index (χ2n) is 21.4. The summed E-state index contributed by atoms with van der Waals surface area (Å²) in [6, 6.07) is 35.1. The van der Waals surface area contributed by atoms with Gasteiger partial charge in [0.05, 0.1) is 13.3 Å². The van der Waals surface area contributed by atoms with Gasteiger partial charge in [-0.1, -0.05) is 74.2 Å². The van der Waals surface area contributed by atoms with Gasteiger partial charge < -0.3 is 57.4 Å². The maximum Gasteiger partial charge on any atom is 0.257 e. The van der Waals surface area contributed by atoms with Gasteiger partial charge in [-0.25, -0.2) is 0 Å². The molecule has 0 heterocycles. The second-order valence-corrected chi connectivity index (χ2v) is 21.4. The molecule has 0 aliphatic heterocycles. The lowest BCUT2D eigenvalue weighted by molar-refractivity contribution is -0.122. The summed E-state index contributed by atoms with van der Waals surface area (Å²) in [5.74, 6) is -4.63. The van der Waals surface area contributed by atoms with E-state index in [2.05, 4.69) is 233 Å². The summed E-state index contributed by atoms with van der Waals surface area (Å²) in [6.45, 7) is 6.47. The van der Waals surface area contributed by atoms with Crippen LogP contribution in [0.4, 0.5) is 0 Å². The molecule has 17 nitrogen and oxygen atoms in total. The molecule has 105 heavy (non-hydrogen) atoms. The van der Waals surface area contributed by atoms with Crippen LogP contribution in [0.25, 0.3) is 0 Å². The fourth-order valence-corrected chi connectivity index (χ4v) is 9.01. The van der Waals surface area contributed by atoms with Crippen LogP contribution in [-0.2, 0) is 20.4 Å². The number of hydrogen-bond donors (Lipinski definition) is 11. The first-order valence-corrected chi connectivity index (χ1v) is 30.9. The van der Waals surface area contributed by atoms with E-state index in [1.807, 2.05) is 13.8 Å². The van der Waals surface area contributed by atoms with E-state index in [1.54, 1.807) is 72.8 Å². The zero-order valence-electron chi connectivity index (χ0n) is 55.9. The first-order valence-electron chi connectivity index (χ1n) is 30.9. The highest BCUT2D eigenvalue weighted by Gasteiger charge is 2.31. The number of phenols is 5. The van der Waals surface area contributed by atoms with E-state index >= 15 is 0 Å². The number of nitrogens with one attached hydrogen (secondary N) is 6. The maximum absolute atomic E-state index is 13.9. The second kappa shape index (κ2) is 42.2. The predicted molar refractivity (Wildman–Crippen MR) is 383 cm³/mol. The Morgan fingerprint density at radius 3 is 0.924 bits per heavy atom. The minimum absolute atomic E-state index is 0.0297. The van der Waals surface area contributed by atoms with Gasteiger partial charge in [0.15, 0.2) is 5.82 Å². The molecule has 0 aliphatic carbocycles. The first-order chi connectivity index (χ1) is 50.9. The Hall–Kier alpha value is -16.6. The molecule has 0 saturated carbocycles. The molecular weight excluding hydrogens is 1320 g/mol. The van der Waals surface area contributed by atoms with Gasteiger partial charge in [-0.15, -0.1) is 0 Å². The molecule has 0 spiro atoms. The predicted octanol–water partition coefficient (Wildman–Crippen LogP) is 11.3. The van der Waals surface area contributed by atoms with E-state index < -0.39 is 52.8 Å². The molecular formula is C88H54N6O11. The monoisotopic (exact) mass is 1370 g/mol. The highest BCUT2D eigenvalue weighted by molar-refractivity contribution is 6.02. The summed E-state index contributed by atoms with van der Waals surface area (Å²) >= 11 is 0. The van der Waals surface area contributed by atoms with E-state index in [4.69, 9.17) is 0 Å². The fraction of sp³-hybridized carbons (Fsp3) is 0.114. The van der Waals surface area contributed by atoms with Crippen LogP contribution in [0, 0.1) is 0 Å². The first kappa shape index (κ1) is 77.4. The van der Waals surface area contributed by atoms with Crippen molar-refractivity contribution in [3.63, 3.8) is 0 Å². The van der Waals surface area contributed by atoms with Gasteiger partial charge >= 0.3 is 0 Å². The number of carbonyl (C=O) groups excluding carboxylic acids is 6. The number of aromatic hydroxyl groups is 5. The van der Waals surface area contributed by atoms with Crippen LogP contribution < -0.4 is 31.9 Å². The number of rotatable bonds is 20. The summed E-state index contributed by atoms with van der Waals surface area (Å²) < 4.78 is 0. The molecule has 6 amide bonds. The molecule has 0 bridgehead atoms. The Kier molecular flexibility index (Phi) is 31.1. The Morgan fingerprint density at radius 1 is 0.314 bits per heavy atom. The third-order valence-corrected chi connectivity index (χ3v) is 14.3. The molecule has 0 atom stereocenters. The van der Waals surface area contributed by atoms with E-state index in [1.165, 1.54) is 48.5 Å². The van der Waals surface area contributed by atoms with Crippen LogP contribution in [0.2, 0.25) is 0 Å². The average Bonchev–Trinajstić information content (AvgIpc) is 0.807. The lowest BCUT2D eigenvalue weighted by Crippen LogP contribution is -2.38. The van der Waals surface area contributed by atoms with Crippen molar-refractivity contribution in [3.05, 3.63) is 391 Å². The normalized spacial score (nSPS) is 8.82. The molecule has 502 valence electrons. The molecule has 6 rings (SSSR count). The van der Waals surface area contributed by atoms with Gasteiger partial charge in [0, 0.05) is 138 Å². The number of benzene rings is 6. The Morgan fingerprint density at radius 2 is 0.590 bits per heavy atom. The molecule has 11 N–H and O–H groups in total. The minimum atomic E-state index is -0.929. The Balaban J connectivity index is 1.15. The van der Waals surface area contributed by atoms with Crippen LogP contribution >= 0.6 is 0 Å². The van der Waals surface area contributed by atoms with E-state index in [0.717, 1.165) is 40.5 Å². The third kappa shape index (κ3) is 27.4. The van der Waals surface area contributed by atoms with Crippen LogP contribution in [0.15, 0.2) is 347 Å². The van der Waals surface area contributed by atoms with Crippen molar-refractivity contribution < 1.29 is 54.3 Å². The van der Waals surface area contributed by atoms with E-state index in [-0.39, 0.29) is 82.9 Å². The van der Waals surface area contributed by atoms with Crippen molar-refractivity contribution in [2.45, 2.75) is 50.4 Å². The van der Waals surface area contributed by atoms with Gasteiger partial charge in [-0.2, -0.15) is 0 Å². The molecule has 0 fully saturated rings. The topological polar surface area (TPSA) is 276 Å². The van der Waals surface area contributed by atoms with Gasteiger partial charge in [0.2, 0.25) is 11.8 Å². The lowest BCUT2D eigenvalue weighted by Gasteiger charge is -2.31. The average molecular weight is 1370 g/mol. The summed E-state index contributed by atoms with van der Waals surface area (Å²) in [5, 5.41) is 66.0. The maximum atomic E-state index is 13.9. The minimum Gasteiger partial charge on any atom is -0.508 e. The summed E-state index contributed by atoms with van der Waals surface area (Å²) in [5.41, 5.74) is 85.8. The highest BCUT2D eigenvalue weighted by Crippen LogP contribution is 2.39. The smallest absolute Gasteiger partial charge is 0.257 e. The lowest BCUT2D eigenvalue weighted by atomic mass is 9.73. The summed E-state index contributed by atoms with van der Waals surface area (Å²) in [6.07, 6.45) is 0.421. The third-order valence-electron chi connectivity index (χ3n) is 14.3. The largest absolute Gasteiger partial charge is 0.508 e. The van der Waals surface area contributed by atoms with Crippen LogP contribution in [0.3, 0.4) is 0 Å². The molecule has 0 aliphatic rings. The Labute approximate surface area is 602 Å². The SMILES string of the molecule is C=C=C=C=C=C=C=C=C=C=C=C=C=C=C=C=C=C=C=C=C=C=C=C=C=C=C=C=C=C=C=C=C=C=C=C(NC(=O)CCC(C)(c1ccc(O)cc1)c1ccc(O)cc1)NC(=O)c1cc(O)cc(C(=O)NCNC(=O)c2cccc(C(=O)NCNC(=O)CCC(C)(c3ccc(O)cc3)c3ccc(O)cc3)c2)c1. The van der Waals surface area contributed by atoms with Crippen molar-refractivity contribution in [1.82, 2.24) is 31.9 Å². The van der Waals surface area contributed by atoms with Gasteiger partial charge in [-0.3, -0.25) is 28.8 Å². The van der Waals surface area contributed by atoms with Crippen LogP contribution in [0.1, 0.15) is 103 Å². The number of phenolic OH excluding ortho intramolecular Hbond substituents is 5. The van der Waals surface area contributed by atoms with Crippen molar-refractivity contribution in [2.75, 3.05) is 13.3 Å². The van der Waals surface area contributed by atoms with Crippen LogP contribution in [0.5, 0.6) is 28.7 Å². The quantitative estimate of drug-likeness (QED) is 0.0253. The van der Waals surface area contributed by atoms with Crippen LogP contribution in [-0.4, -0.2) is 74.3 Å². The van der Waals surface area contributed by atoms with E-state index in [0.29, 0.717) is 6.42 Å². The van der Waals surface area contributed by atoms with Crippen molar-refractivity contribution in [1.29, 1.82) is 0 Å². The van der Waals surface area contributed by atoms with E-state index in [9.17, 15) is 54.3 Å². The molecule has 6 aromatic carbocycles. The summed E-state index contributed by atoms with van der Waals surface area (Å²) in [7, 11) is 0. The van der Waals surface area contributed by atoms with Crippen molar-refractivity contribution >= 4 is 35.4 Å². The van der Waals surface area contributed by atoms with Gasteiger partial charge in [0.25, 0.3) is 23.6 Å².